The fraction of sp³-hybridized carbons (Fsp3) is 0.538. The van der Waals surface area contributed by atoms with E-state index in [1.54, 1.807) is 4.90 Å². The molecule has 2 aliphatic heterocycles. The van der Waals surface area contributed by atoms with Crippen LogP contribution in [-0.4, -0.2) is 71.2 Å². The molecule has 0 aliphatic carbocycles. The summed E-state index contributed by atoms with van der Waals surface area (Å²) in [6.07, 6.45) is 3.51. The highest BCUT2D eigenvalue weighted by Crippen LogP contribution is 2.24. The van der Waals surface area contributed by atoms with Crippen molar-refractivity contribution < 1.29 is 19.1 Å². The summed E-state index contributed by atoms with van der Waals surface area (Å²) in [7, 11) is 1.49. The van der Waals surface area contributed by atoms with Crippen LogP contribution in [0.4, 0.5) is 9.59 Å². The van der Waals surface area contributed by atoms with E-state index in [1.807, 2.05) is 0 Å². The van der Waals surface area contributed by atoms with Crippen molar-refractivity contribution in [1.29, 1.82) is 0 Å². The van der Waals surface area contributed by atoms with E-state index >= 15 is 0 Å². The Morgan fingerprint density at radius 1 is 1.32 bits per heavy atom. The molecule has 1 aromatic rings. The van der Waals surface area contributed by atoms with Gasteiger partial charge in [-0.15, -0.1) is 0 Å². The molecule has 3 rings (SSSR count). The van der Waals surface area contributed by atoms with Crippen molar-refractivity contribution in [2.75, 3.05) is 33.3 Å². The fourth-order valence-corrected chi connectivity index (χ4v) is 2.51. The summed E-state index contributed by atoms with van der Waals surface area (Å²) < 4.78 is 10.8. The number of carbonyl (C=O) groups is 2. The van der Waals surface area contributed by atoms with Gasteiger partial charge in [0, 0.05) is 38.4 Å². The number of amides is 4. The number of urea groups is 2. The number of nitrogens with zero attached hydrogens (tertiary/aromatic N) is 4. The summed E-state index contributed by atoms with van der Waals surface area (Å²) in [5, 5.41) is 2.61. The van der Waals surface area contributed by atoms with E-state index < -0.39 is 0 Å². The molecule has 1 N–H and O–H groups in total. The molecule has 2 aliphatic rings. The van der Waals surface area contributed by atoms with Crippen molar-refractivity contribution in [3.63, 3.8) is 0 Å². The average molecular weight is 307 g/mol. The highest BCUT2D eigenvalue weighted by Gasteiger charge is 2.35. The molecule has 0 spiro atoms. The van der Waals surface area contributed by atoms with Gasteiger partial charge in [-0.2, -0.15) is 0 Å². The Balaban J connectivity index is 1.60. The lowest BCUT2D eigenvalue weighted by Crippen LogP contribution is -2.44. The number of nitrogens with one attached hydrogen (secondary N) is 1. The Labute approximate surface area is 127 Å². The standard InChI is InChI=1S/C13H17N5O4/c1-21-10-11(15-4-3-14-10)22-9-2-6-17(8-9)13(20)18-7-5-16-12(18)19/h3-4,9H,2,5-8H2,1H3,(H,16,19)/t9-/m1/s1. The van der Waals surface area contributed by atoms with Crippen molar-refractivity contribution >= 4 is 12.1 Å². The lowest BCUT2D eigenvalue weighted by atomic mass is 10.3. The molecule has 9 heteroatoms. The number of methoxy groups -OCH3 is 1. The molecule has 0 radical (unpaired) electrons. The van der Waals surface area contributed by atoms with Gasteiger partial charge < -0.3 is 19.7 Å². The molecule has 4 amide bonds. The Morgan fingerprint density at radius 2 is 2.09 bits per heavy atom. The maximum absolute atomic E-state index is 12.3. The van der Waals surface area contributed by atoms with E-state index in [2.05, 4.69) is 15.3 Å². The first-order valence-electron chi connectivity index (χ1n) is 7.05. The molecule has 0 bridgehead atoms. The molecule has 0 aromatic carbocycles. The largest absolute Gasteiger partial charge is 0.477 e. The van der Waals surface area contributed by atoms with Gasteiger partial charge >= 0.3 is 12.1 Å². The van der Waals surface area contributed by atoms with E-state index in [4.69, 9.17) is 9.47 Å². The number of hydrogen-bond donors (Lipinski definition) is 1. The number of carbonyl (C=O) groups excluding carboxylic acids is 2. The topological polar surface area (TPSA) is 96.9 Å². The zero-order chi connectivity index (χ0) is 15.5. The summed E-state index contributed by atoms with van der Waals surface area (Å²) in [6, 6.07) is -0.628. The number of imide groups is 1. The van der Waals surface area contributed by atoms with Crippen LogP contribution >= 0.6 is 0 Å². The third-order valence-electron chi connectivity index (χ3n) is 3.61. The second kappa shape index (κ2) is 6.04. The normalized spacial score (nSPS) is 21.0. The number of aromatic nitrogens is 2. The average Bonchev–Trinajstić information content (AvgIpc) is 3.16. The van der Waals surface area contributed by atoms with Gasteiger partial charge in [0.25, 0.3) is 11.8 Å². The quantitative estimate of drug-likeness (QED) is 0.849. The first-order valence-corrected chi connectivity index (χ1v) is 7.05. The molecule has 1 aromatic heterocycles. The van der Waals surface area contributed by atoms with Gasteiger partial charge in [0.2, 0.25) is 0 Å². The lowest BCUT2D eigenvalue weighted by Gasteiger charge is -2.21. The monoisotopic (exact) mass is 307 g/mol. The van der Waals surface area contributed by atoms with Crippen molar-refractivity contribution in [2.45, 2.75) is 12.5 Å². The lowest BCUT2D eigenvalue weighted by molar-refractivity contribution is 0.158. The summed E-state index contributed by atoms with van der Waals surface area (Å²) >= 11 is 0. The first-order chi connectivity index (χ1) is 10.7. The zero-order valence-electron chi connectivity index (χ0n) is 12.2. The third kappa shape index (κ3) is 2.74. The van der Waals surface area contributed by atoms with Crippen LogP contribution in [0.2, 0.25) is 0 Å². The van der Waals surface area contributed by atoms with Gasteiger partial charge in [-0.05, 0) is 0 Å². The third-order valence-corrected chi connectivity index (χ3v) is 3.61. The van der Waals surface area contributed by atoms with E-state index in [0.29, 0.717) is 44.4 Å². The summed E-state index contributed by atoms with van der Waals surface area (Å²) in [5.41, 5.74) is 0. The number of hydrogen-bond acceptors (Lipinski definition) is 6. The minimum absolute atomic E-state index is 0.194. The van der Waals surface area contributed by atoms with Crippen molar-refractivity contribution in [1.82, 2.24) is 25.1 Å². The van der Waals surface area contributed by atoms with Crippen LogP contribution in [0, 0.1) is 0 Å². The molecular weight excluding hydrogens is 290 g/mol. The van der Waals surface area contributed by atoms with E-state index in [9.17, 15) is 9.59 Å². The molecule has 22 heavy (non-hydrogen) atoms. The van der Waals surface area contributed by atoms with Gasteiger partial charge in [-0.1, -0.05) is 0 Å². The maximum atomic E-state index is 12.3. The van der Waals surface area contributed by atoms with Crippen molar-refractivity contribution in [2.24, 2.45) is 0 Å². The second-order valence-corrected chi connectivity index (χ2v) is 5.01. The molecular formula is C13H17N5O4. The Hall–Kier alpha value is -2.58. The maximum Gasteiger partial charge on any atom is 0.328 e. The fourth-order valence-electron chi connectivity index (χ4n) is 2.51. The number of likely N-dealkylation sites (tertiary alicyclic amines) is 1. The Bertz CT molecular complexity index is 581. The van der Waals surface area contributed by atoms with Gasteiger partial charge in [0.05, 0.1) is 13.7 Å². The predicted octanol–water partition coefficient (Wildman–Crippen LogP) is 0.0835. The van der Waals surface area contributed by atoms with Crippen LogP contribution < -0.4 is 14.8 Å². The molecule has 0 saturated carbocycles. The van der Waals surface area contributed by atoms with Gasteiger partial charge in [-0.3, -0.25) is 0 Å². The van der Waals surface area contributed by atoms with Gasteiger partial charge in [0.15, 0.2) is 0 Å². The number of ether oxygens (including phenoxy) is 2. The van der Waals surface area contributed by atoms with Crippen LogP contribution in [-0.2, 0) is 0 Å². The highest BCUT2D eigenvalue weighted by molar-refractivity contribution is 5.95. The van der Waals surface area contributed by atoms with Crippen LogP contribution in [0.25, 0.3) is 0 Å². The first kappa shape index (κ1) is 14.4. The molecule has 2 saturated heterocycles. The van der Waals surface area contributed by atoms with Crippen LogP contribution in [0.3, 0.4) is 0 Å². The zero-order valence-corrected chi connectivity index (χ0v) is 12.2. The van der Waals surface area contributed by atoms with E-state index in [1.165, 1.54) is 24.4 Å². The minimum Gasteiger partial charge on any atom is -0.477 e. The van der Waals surface area contributed by atoms with E-state index in [-0.39, 0.29) is 18.2 Å². The summed E-state index contributed by atoms with van der Waals surface area (Å²) in [4.78, 5) is 34.7. The predicted molar refractivity (Wildman–Crippen MR) is 74.7 cm³/mol. The summed E-state index contributed by atoms with van der Waals surface area (Å²) in [6.45, 7) is 1.84. The smallest absolute Gasteiger partial charge is 0.328 e. The van der Waals surface area contributed by atoms with Crippen LogP contribution in [0.5, 0.6) is 11.8 Å². The number of rotatable bonds is 3. The molecule has 2 fully saturated rings. The molecule has 3 heterocycles. The molecule has 118 valence electrons. The Morgan fingerprint density at radius 3 is 2.77 bits per heavy atom. The molecule has 0 unspecified atom stereocenters. The molecule has 9 nitrogen and oxygen atoms in total. The minimum atomic E-state index is -0.343. The summed E-state index contributed by atoms with van der Waals surface area (Å²) in [5.74, 6) is 0.620. The van der Waals surface area contributed by atoms with Crippen molar-refractivity contribution in [3.05, 3.63) is 12.4 Å². The SMILES string of the molecule is COc1nccnc1O[C@@H]1CCN(C(=O)N2CCNC2=O)C1. The van der Waals surface area contributed by atoms with E-state index in [0.717, 1.165) is 0 Å². The van der Waals surface area contributed by atoms with Gasteiger partial charge in [0.1, 0.15) is 6.10 Å². The van der Waals surface area contributed by atoms with Crippen LogP contribution in [0.15, 0.2) is 12.4 Å². The molecule has 1 atom stereocenters. The highest BCUT2D eigenvalue weighted by atomic mass is 16.5. The second-order valence-electron chi connectivity index (χ2n) is 5.01. The van der Waals surface area contributed by atoms with Crippen molar-refractivity contribution in [3.8, 4) is 11.8 Å². The van der Waals surface area contributed by atoms with Gasteiger partial charge in [-0.25, -0.2) is 24.5 Å². The Kier molecular flexibility index (Phi) is 3.94. The van der Waals surface area contributed by atoms with Crippen LogP contribution in [0.1, 0.15) is 6.42 Å².